The van der Waals surface area contributed by atoms with Crippen LogP contribution in [0, 0.1) is 0 Å². The number of aromatic nitrogens is 6. The number of pyridine rings is 2. The van der Waals surface area contributed by atoms with Crippen LogP contribution in [0.5, 0.6) is 0 Å². The Kier molecular flexibility index (Phi) is 7.69. The number of imidazole rings is 2. The second-order valence-corrected chi connectivity index (χ2v) is 20.3. The van der Waals surface area contributed by atoms with Crippen molar-refractivity contribution in [3.63, 3.8) is 0 Å². The van der Waals surface area contributed by atoms with Crippen LogP contribution in [-0.4, -0.2) is 79.7 Å². The van der Waals surface area contributed by atoms with E-state index in [0.717, 1.165) is 46.2 Å². The van der Waals surface area contributed by atoms with Crippen LogP contribution in [0.25, 0.3) is 22.8 Å². The van der Waals surface area contributed by atoms with Gasteiger partial charge in [0.1, 0.15) is 11.6 Å². The first-order valence-electron chi connectivity index (χ1n) is 19.8. The molecule has 60 heavy (non-hydrogen) atoms. The van der Waals surface area contributed by atoms with Crippen LogP contribution in [0.15, 0.2) is 150 Å². The molecular formula is C44H34B2N10S4. The van der Waals surface area contributed by atoms with Gasteiger partial charge in [-0.05, 0) is 58.2 Å². The van der Waals surface area contributed by atoms with Gasteiger partial charge in [-0.25, -0.2) is 19.9 Å². The first kappa shape index (κ1) is 35.4. The average molecular weight is 853 g/mol. The molecule has 0 amide bonds. The van der Waals surface area contributed by atoms with E-state index in [2.05, 4.69) is 130 Å². The fourth-order valence-electron chi connectivity index (χ4n) is 9.51. The fourth-order valence-corrected chi connectivity index (χ4v) is 14.8. The van der Waals surface area contributed by atoms with E-state index in [-0.39, 0.29) is 13.4 Å². The minimum Gasteiger partial charge on any atom is -0.361 e. The predicted molar refractivity (Wildman–Crippen MR) is 247 cm³/mol. The van der Waals surface area contributed by atoms with Crippen LogP contribution >= 0.6 is 47.0 Å². The minimum atomic E-state index is -0.0106. The molecule has 6 aliphatic rings. The molecule has 0 saturated heterocycles. The largest absolute Gasteiger partial charge is 0.361 e. The van der Waals surface area contributed by atoms with Crippen molar-refractivity contribution in [3.05, 3.63) is 111 Å². The molecule has 10 nitrogen and oxygen atoms in total. The Bertz CT molecular complexity index is 2870. The van der Waals surface area contributed by atoms with E-state index in [1.807, 2.05) is 84.2 Å². The van der Waals surface area contributed by atoms with E-state index in [1.54, 1.807) is 0 Å². The Morgan fingerprint density at radius 2 is 0.950 bits per heavy atom. The summed E-state index contributed by atoms with van der Waals surface area (Å²) in [6.07, 6.45) is 20.4. The Balaban J connectivity index is 1.06. The molecule has 16 heteroatoms. The number of hydrogen-bond donors (Lipinski definition) is 0. The standard InChI is InChI=1S/C44H34B2N10S4/c1-51-13-15-55(23-51)27-5-7-33-29(19-27)45-31-17-25(41-47-9-11-53(41)3)21-49-43(31)59-39-35(45)37(57-33)38-36-40(39)60-44-32(18-26(22-50-44)42-48-10-12-54(42)4)46(36)30-20-28(6-8-34(30)58-38)56-16-14-52(2)24-56/h5-22H,23-24H2,1-4H3. The van der Waals surface area contributed by atoms with Crippen molar-refractivity contribution in [2.45, 2.75) is 39.4 Å². The lowest BCUT2D eigenvalue weighted by Crippen LogP contribution is -2.63. The van der Waals surface area contributed by atoms with Gasteiger partial charge < -0.3 is 28.7 Å². The van der Waals surface area contributed by atoms with Crippen LogP contribution < -0.4 is 42.6 Å². The fraction of sp³-hybridized carbons (Fsp3) is 0.136. The van der Waals surface area contributed by atoms with Gasteiger partial charge in [0.2, 0.25) is 13.4 Å². The van der Waals surface area contributed by atoms with E-state index in [0.29, 0.717) is 0 Å². The minimum absolute atomic E-state index is 0.0106. The average Bonchev–Trinajstić information content (AvgIpc) is 4.10. The first-order chi connectivity index (χ1) is 29.3. The molecule has 3 aromatic carbocycles. The smallest absolute Gasteiger partial charge is 0.249 e. The molecule has 0 fully saturated rings. The predicted octanol–water partition coefficient (Wildman–Crippen LogP) is 4.53. The molecule has 0 atom stereocenters. The number of benzene rings is 3. The molecule has 10 heterocycles. The van der Waals surface area contributed by atoms with Gasteiger partial charge in [-0.15, -0.1) is 0 Å². The third-order valence-electron chi connectivity index (χ3n) is 12.4. The van der Waals surface area contributed by atoms with Crippen molar-refractivity contribution in [1.82, 2.24) is 38.9 Å². The summed E-state index contributed by atoms with van der Waals surface area (Å²) in [5, 5.41) is 2.10. The highest BCUT2D eigenvalue weighted by atomic mass is 32.2. The van der Waals surface area contributed by atoms with Crippen molar-refractivity contribution in [2.75, 3.05) is 37.2 Å². The van der Waals surface area contributed by atoms with Crippen molar-refractivity contribution in [2.24, 2.45) is 14.1 Å². The highest BCUT2D eigenvalue weighted by molar-refractivity contribution is 8.05. The maximum Gasteiger partial charge on any atom is 0.249 e. The highest BCUT2D eigenvalue weighted by Gasteiger charge is 2.48. The monoisotopic (exact) mass is 852 g/mol. The van der Waals surface area contributed by atoms with Gasteiger partial charge in [0.25, 0.3) is 0 Å². The SMILES string of the molecule is CN1C=CN(c2ccc3c(c2)B2c4cc(-c5nccn5C)cnc4Sc4c5c6c(c(c42)S3)Sc2ccc(N3C=CN(C)C3)cc2B6c2cc(-c3nccn3C)cnc2S5)C1. The Morgan fingerprint density at radius 3 is 1.35 bits per heavy atom. The summed E-state index contributed by atoms with van der Waals surface area (Å²) in [6, 6.07) is 18.9. The highest BCUT2D eigenvalue weighted by Crippen LogP contribution is 2.50. The molecule has 0 bridgehead atoms. The van der Waals surface area contributed by atoms with Crippen LogP contribution in [0.3, 0.4) is 0 Å². The van der Waals surface area contributed by atoms with E-state index in [1.165, 1.54) is 73.5 Å². The zero-order valence-electron chi connectivity index (χ0n) is 33.1. The van der Waals surface area contributed by atoms with Gasteiger partial charge in [-0.3, -0.25) is 0 Å². The van der Waals surface area contributed by atoms with E-state index in [4.69, 9.17) is 19.9 Å². The topological polar surface area (TPSA) is 74.4 Å². The third kappa shape index (κ3) is 5.17. The zero-order valence-corrected chi connectivity index (χ0v) is 36.3. The van der Waals surface area contributed by atoms with E-state index >= 15 is 0 Å². The summed E-state index contributed by atoms with van der Waals surface area (Å²) < 4.78 is 4.16. The number of rotatable bonds is 4. The summed E-state index contributed by atoms with van der Waals surface area (Å²) in [5.74, 6) is 1.83. The molecule has 0 radical (unpaired) electrons. The molecule has 0 saturated carbocycles. The van der Waals surface area contributed by atoms with Crippen LogP contribution in [0.4, 0.5) is 11.4 Å². The summed E-state index contributed by atoms with van der Waals surface area (Å²) in [6.45, 7) is 1.62. The maximum atomic E-state index is 5.28. The summed E-state index contributed by atoms with van der Waals surface area (Å²) in [7, 11) is 8.35. The van der Waals surface area contributed by atoms with Gasteiger partial charge in [0.05, 0.1) is 23.4 Å². The molecule has 290 valence electrons. The number of nitrogens with zero attached hydrogens (tertiary/aromatic N) is 10. The molecule has 7 aromatic rings. The van der Waals surface area contributed by atoms with E-state index < -0.39 is 0 Å². The second-order valence-electron chi connectivity index (χ2n) is 16.2. The van der Waals surface area contributed by atoms with Gasteiger partial charge >= 0.3 is 0 Å². The Morgan fingerprint density at radius 1 is 0.500 bits per heavy atom. The van der Waals surface area contributed by atoms with Crippen molar-refractivity contribution in [1.29, 1.82) is 0 Å². The van der Waals surface area contributed by atoms with Gasteiger partial charge in [-0.2, -0.15) is 0 Å². The number of fused-ring (bicyclic) bond motifs is 10. The van der Waals surface area contributed by atoms with Crippen LogP contribution in [0.1, 0.15) is 0 Å². The molecule has 0 spiro atoms. The van der Waals surface area contributed by atoms with E-state index in [9.17, 15) is 0 Å². The first-order valence-corrected chi connectivity index (χ1v) is 23.1. The number of aryl methyl sites for hydroxylation is 2. The molecule has 13 rings (SSSR count). The lowest BCUT2D eigenvalue weighted by molar-refractivity contribution is 0.496. The molecule has 0 N–H and O–H groups in total. The molecule has 0 aliphatic carbocycles. The molecule has 0 unspecified atom stereocenters. The Hall–Kier alpha value is -5.41. The van der Waals surface area contributed by atoms with Gasteiger partial charge in [0, 0.05) is 142 Å². The number of anilines is 2. The summed E-state index contributed by atoms with van der Waals surface area (Å²) in [4.78, 5) is 37.1. The lowest BCUT2D eigenvalue weighted by Gasteiger charge is -2.40. The van der Waals surface area contributed by atoms with Gasteiger partial charge in [0.15, 0.2) is 0 Å². The zero-order chi connectivity index (χ0) is 40.0. The van der Waals surface area contributed by atoms with Crippen LogP contribution in [0.2, 0.25) is 0 Å². The summed E-state index contributed by atoms with van der Waals surface area (Å²) >= 11 is 7.55. The second kappa shape index (κ2) is 13.0. The normalized spacial score (nSPS) is 16.3. The lowest BCUT2D eigenvalue weighted by atomic mass is 9.34. The van der Waals surface area contributed by atoms with Crippen molar-refractivity contribution < 1.29 is 0 Å². The van der Waals surface area contributed by atoms with Gasteiger partial charge in [-0.1, -0.05) is 70.1 Å². The van der Waals surface area contributed by atoms with Crippen molar-refractivity contribution >= 4 is 105 Å². The third-order valence-corrected chi connectivity index (χ3v) is 17.4. The number of hydrogen-bond acceptors (Lipinski definition) is 12. The molecule has 4 aromatic heterocycles. The van der Waals surface area contributed by atoms with Crippen LogP contribution in [-0.2, 0) is 14.1 Å². The Labute approximate surface area is 365 Å². The quantitative estimate of drug-likeness (QED) is 0.234. The summed E-state index contributed by atoms with van der Waals surface area (Å²) in [5.41, 5.74) is 12.3. The maximum absolute atomic E-state index is 5.28. The van der Waals surface area contributed by atoms with Crippen molar-refractivity contribution in [3.8, 4) is 22.8 Å². The molecule has 6 aliphatic heterocycles. The molecular weight excluding hydrogens is 818 g/mol.